The van der Waals surface area contributed by atoms with E-state index in [1.165, 1.54) is 5.57 Å². The highest BCUT2D eigenvalue weighted by Gasteiger charge is 2.39. The first-order chi connectivity index (χ1) is 10.9. The molecule has 2 N–H and O–H groups in total. The maximum Gasteiger partial charge on any atom is 0.308 e. The lowest BCUT2D eigenvalue weighted by Crippen LogP contribution is -2.39. The number of aliphatic hydroxyl groups excluding tert-OH is 2. The van der Waals surface area contributed by atoms with Crippen LogP contribution in [0.3, 0.4) is 0 Å². The van der Waals surface area contributed by atoms with E-state index in [-0.39, 0.29) is 30.5 Å². The van der Waals surface area contributed by atoms with E-state index < -0.39 is 6.10 Å². The molecular formula is C19H28O4. The molecule has 23 heavy (non-hydrogen) atoms. The standard InChI is InChI=1S/C19H28O4/c1-11-7-13-4-3-12(2)16(19(13)17(21)8-11)6-5-15-9-14(20)10-18(22)23-15/h3-4,7,11-12,14-17,19-21H,5-6,8-10H2,1-2H3/t11-,12-,14?,15+,16-,17-,19-/m0/s1. The van der Waals surface area contributed by atoms with Crippen LogP contribution in [0, 0.1) is 23.7 Å². The van der Waals surface area contributed by atoms with Gasteiger partial charge in [-0.3, -0.25) is 4.79 Å². The average molecular weight is 320 g/mol. The van der Waals surface area contributed by atoms with Crippen LogP contribution in [-0.4, -0.2) is 34.5 Å². The lowest BCUT2D eigenvalue weighted by Gasteiger charge is -2.42. The van der Waals surface area contributed by atoms with Gasteiger partial charge in [0.05, 0.1) is 18.6 Å². The average Bonchev–Trinajstić information content (AvgIpc) is 2.45. The van der Waals surface area contributed by atoms with Crippen LogP contribution >= 0.6 is 0 Å². The fourth-order valence-corrected chi connectivity index (χ4v) is 4.55. The SMILES string of the molecule is C[C@H]1C=C2C=C[C@H](C)[C@H](CC[C@@H]3CC(O)CC(=O)O3)[C@H]2[C@@H](O)C1. The largest absolute Gasteiger partial charge is 0.462 e. The van der Waals surface area contributed by atoms with E-state index >= 15 is 0 Å². The van der Waals surface area contributed by atoms with Crippen LogP contribution < -0.4 is 0 Å². The predicted octanol–water partition coefficient (Wildman–Crippen LogP) is 2.60. The van der Waals surface area contributed by atoms with Gasteiger partial charge >= 0.3 is 5.97 Å². The van der Waals surface area contributed by atoms with E-state index in [1.807, 2.05) is 0 Å². The van der Waals surface area contributed by atoms with Crippen molar-refractivity contribution in [3.05, 3.63) is 23.8 Å². The number of rotatable bonds is 3. The summed E-state index contributed by atoms with van der Waals surface area (Å²) in [5.74, 6) is 1.09. The van der Waals surface area contributed by atoms with Crippen molar-refractivity contribution in [3.63, 3.8) is 0 Å². The normalized spacial score (nSPS) is 43.6. The Kier molecular flexibility index (Phi) is 4.93. The number of cyclic esters (lactones) is 1. The molecule has 0 aromatic heterocycles. The van der Waals surface area contributed by atoms with Crippen LogP contribution in [0.4, 0.5) is 0 Å². The van der Waals surface area contributed by atoms with Crippen molar-refractivity contribution < 1.29 is 19.7 Å². The zero-order valence-corrected chi connectivity index (χ0v) is 14.0. The summed E-state index contributed by atoms with van der Waals surface area (Å²) in [7, 11) is 0. The number of hydrogen-bond donors (Lipinski definition) is 2. The molecule has 128 valence electrons. The van der Waals surface area contributed by atoms with Gasteiger partial charge in [0.15, 0.2) is 0 Å². The Labute approximate surface area is 138 Å². The van der Waals surface area contributed by atoms with E-state index in [1.54, 1.807) is 0 Å². The lowest BCUT2D eigenvalue weighted by atomic mass is 9.65. The molecular weight excluding hydrogens is 292 g/mol. The number of carbonyl (C=O) groups is 1. The molecule has 3 rings (SSSR count). The smallest absolute Gasteiger partial charge is 0.308 e. The Hall–Kier alpha value is -1.13. The zero-order chi connectivity index (χ0) is 16.6. The maximum absolute atomic E-state index is 11.5. The number of fused-ring (bicyclic) bond motifs is 1. The zero-order valence-electron chi connectivity index (χ0n) is 14.0. The number of ether oxygens (including phenoxy) is 1. The van der Waals surface area contributed by atoms with E-state index in [2.05, 4.69) is 32.1 Å². The molecule has 1 fully saturated rings. The fourth-order valence-electron chi connectivity index (χ4n) is 4.55. The lowest BCUT2D eigenvalue weighted by molar-refractivity contribution is -0.160. The van der Waals surface area contributed by atoms with Gasteiger partial charge in [0.1, 0.15) is 6.10 Å². The molecule has 0 aromatic rings. The molecule has 0 saturated carbocycles. The Morgan fingerprint density at radius 2 is 2.00 bits per heavy atom. The van der Waals surface area contributed by atoms with Crippen molar-refractivity contribution in [2.45, 2.75) is 64.3 Å². The van der Waals surface area contributed by atoms with Crippen LogP contribution in [-0.2, 0) is 9.53 Å². The van der Waals surface area contributed by atoms with Crippen LogP contribution in [0.2, 0.25) is 0 Å². The second kappa shape index (κ2) is 6.78. The van der Waals surface area contributed by atoms with Gasteiger partial charge in [0.25, 0.3) is 0 Å². The van der Waals surface area contributed by atoms with Gasteiger partial charge in [-0.05, 0) is 42.6 Å². The van der Waals surface area contributed by atoms with Gasteiger partial charge in [0, 0.05) is 12.3 Å². The molecule has 4 heteroatoms. The summed E-state index contributed by atoms with van der Waals surface area (Å²) in [5.41, 5.74) is 1.26. The second-order valence-corrected chi connectivity index (χ2v) is 7.64. The van der Waals surface area contributed by atoms with Crippen molar-refractivity contribution in [1.82, 2.24) is 0 Å². The van der Waals surface area contributed by atoms with Gasteiger partial charge in [-0.1, -0.05) is 32.1 Å². The van der Waals surface area contributed by atoms with Gasteiger partial charge in [-0.2, -0.15) is 0 Å². The molecule has 0 spiro atoms. The Morgan fingerprint density at radius 3 is 2.74 bits per heavy atom. The monoisotopic (exact) mass is 320 g/mol. The molecule has 4 nitrogen and oxygen atoms in total. The highest BCUT2D eigenvalue weighted by Crippen LogP contribution is 2.43. The van der Waals surface area contributed by atoms with Gasteiger partial charge in [-0.25, -0.2) is 0 Å². The molecule has 0 amide bonds. The number of hydrogen-bond acceptors (Lipinski definition) is 4. The van der Waals surface area contributed by atoms with Gasteiger partial charge < -0.3 is 14.9 Å². The minimum absolute atomic E-state index is 0.116. The van der Waals surface area contributed by atoms with Crippen molar-refractivity contribution in [2.75, 3.05) is 0 Å². The fraction of sp³-hybridized carbons (Fsp3) is 0.737. The van der Waals surface area contributed by atoms with Crippen molar-refractivity contribution >= 4 is 5.97 Å². The summed E-state index contributed by atoms with van der Waals surface area (Å²) in [5, 5.41) is 20.3. The Bertz CT molecular complexity index is 509. The first-order valence-electron chi connectivity index (χ1n) is 8.89. The van der Waals surface area contributed by atoms with Crippen molar-refractivity contribution in [3.8, 4) is 0 Å². The Morgan fingerprint density at radius 1 is 1.22 bits per heavy atom. The third kappa shape index (κ3) is 3.69. The molecule has 0 radical (unpaired) electrons. The van der Waals surface area contributed by atoms with E-state index in [0.29, 0.717) is 24.2 Å². The summed E-state index contributed by atoms with van der Waals surface area (Å²) >= 11 is 0. The van der Waals surface area contributed by atoms with Crippen LogP contribution in [0.25, 0.3) is 0 Å². The summed E-state index contributed by atoms with van der Waals surface area (Å²) in [6, 6.07) is 0. The van der Waals surface area contributed by atoms with Crippen molar-refractivity contribution in [2.24, 2.45) is 23.7 Å². The van der Waals surface area contributed by atoms with E-state index in [9.17, 15) is 15.0 Å². The number of carbonyl (C=O) groups excluding carboxylic acids is 1. The van der Waals surface area contributed by atoms with Crippen LogP contribution in [0.5, 0.6) is 0 Å². The van der Waals surface area contributed by atoms with E-state index in [0.717, 1.165) is 19.3 Å². The van der Waals surface area contributed by atoms with E-state index in [4.69, 9.17) is 4.74 Å². The number of allylic oxidation sites excluding steroid dienone is 3. The molecule has 0 aromatic carbocycles. The number of aliphatic hydroxyl groups is 2. The Balaban J connectivity index is 1.67. The quantitative estimate of drug-likeness (QED) is 0.785. The van der Waals surface area contributed by atoms with Crippen LogP contribution in [0.1, 0.15) is 46.0 Å². The summed E-state index contributed by atoms with van der Waals surface area (Å²) < 4.78 is 5.37. The van der Waals surface area contributed by atoms with Gasteiger partial charge in [0.2, 0.25) is 0 Å². The summed E-state index contributed by atoms with van der Waals surface area (Å²) in [6.07, 6.45) is 8.80. The third-order valence-corrected chi connectivity index (χ3v) is 5.68. The minimum atomic E-state index is -0.568. The van der Waals surface area contributed by atoms with Crippen LogP contribution in [0.15, 0.2) is 23.8 Å². The highest BCUT2D eigenvalue weighted by atomic mass is 16.5. The third-order valence-electron chi connectivity index (χ3n) is 5.68. The maximum atomic E-state index is 11.5. The first-order valence-corrected chi connectivity index (χ1v) is 8.89. The first kappa shape index (κ1) is 16.7. The molecule has 1 unspecified atom stereocenters. The molecule has 3 aliphatic rings. The predicted molar refractivity (Wildman–Crippen MR) is 87.5 cm³/mol. The highest BCUT2D eigenvalue weighted by molar-refractivity contribution is 5.70. The molecule has 0 bridgehead atoms. The molecule has 7 atom stereocenters. The van der Waals surface area contributed by atoms with Gasteiger partial charge in [-0.15, -0.1) is 0 Å². The van der Waals surface area contributed by atoms with Crippen molar-refractivity contribution in [1.29, 1.82) is 0 Å². The molecule has 1 aliphatic heterocycles. The molecule has 1 heterocycles. The molecule has 2 aliphatic carbocycles. The number of esters is 1. The molecule has 1 saturated heterocycles. The summed E-state index contributed by atoms with van der Waals surface area (Å²) in [4.78, 5) is 11.5. The topological polar surface area (TPSA) is 66.8 Å². The second-order valence-electron chi connectivity index (χ2n) is 7.64. The minimum Gasteiger partial charge on any atom is -0.462 e. The summed E-state index contributed by atoms with van der Waals surface area (Å²) in [6.45, 7) is 4.35.